The quantitative estimate of drug-likeness (QED) is 0.531. The van der Waals surface area contributed by atoms with Crippen LogP contribution in [-0.2, 0) is 0 Å². The first-order valence-electron chi connectivity index (χ1n) is 6.11. The Balaban J connectivity index is 2.06. The molecule has 0 spiro atoms. The summed E-state index contributed by atoms with van der Waals surface area (Å²) in [4.78, 5) is 14.3. The number of carbonyl (C=O) groups excluding carboxylic acids is 1. The number of amides is 1. The predicted molar refractivity (Wildman–Crippen MR) is 70.7 cm³/mol. The van der Waals surface area contributed by atoms with E-state index in [1.54, 1.807) is 0 Å². The van der Waals surface area contributed by atoms with Gasteiger partial charge in [0.15, 0.2) is 0 Å². The summed E-state index contributed by atoms with van der Waals surface area (Å²) in [6.07, 6.45) is 0. The van der Waals surface area contributed by atoms with Gasteiger partial charge in [-0.15, -0.1) is 0 Å². The molecule has 6 nitrogen and oxygen atoms in total. The Hall–Kier alpha value is -1.70. The van der Waals surface area contributed by atoms with Crippen LogP contribution in [0.1, 0.15) is 10.4 Å². The second kappa shape index (κ2) is 5.96. The van der Waals surface area contributed by atoms with E-state index in [0.717, 1.165) is 26.2 Å². The number of para-hydroxylation sites is 1. The highest BCUT2D eigenvalue weighted by Crippen LogP contribution is 2.18. The maximum atomic E-state index is 13.5. The number of rotatable bonds is 3. The van der Waals surface area contributed by atoms with Gasteiger partial charge in [0.25, 0.3) is 5.91 Å². The van der Waals surface area contributed by atoms with Crippen molar-refractivity contribution in [2.75, 3.05) is 38.7 Å². The third kappa shape index (κ3) is 3.19. The molecule has 0 saturated carbocycles. The van der Waals surface area contributed by atoms with Crippen molar-refractivity contribution in [3.63, 3.8) is 0 Å². The second-order valence-corrected chi connectivity index (χ2v) is 4.54. The number of benzene rings is 1. The standard InChI is InChI=1S/C12H18FN5O/c1-17-5-7-18(8-6-17)16-12(19)9-3-2-4-10(13)11(9)15-14/h2-4,15H,5-8,14H2,1H3,(H,16,19). The molecule has 19 heavy (non-hydrogen) atoms. The Morgan fingerprint density at radius 1 is 1.32 bits per heavy atom. The molecule has 1 fully saturated rings. The molecular weight excluding hydrogens is 249 g/mol. The molecule has 2 rings (SSSR count). The Morgan fingerprint density at radius 3 is 2.63 bits per heavy atom. The monoisotopic (exact) mass is 267 g/mol. The third-order valence-electron chi connectivity index (χ3n) is 3.17. The van der Waals surface area contributed by atoms with Gasteiger partial charge in [-0.05, 0) is 19.2 Å². The maximum Gasteiger partial charge on any atom is 0.267 e. The first kappa shape index (κ1) is 13.7. The van der Waals surface area contributed by atoms with E-state index in [1.165, 1.54) is 18.2 Å². The summed E-state index contributed by atoms with van der Waals surface area (Å²) in [6.45, 7) is 3.24. The minimum atomic E-state index is -0.548. The van der Waals surface area contributed by atoms with Crippen LogP contribution in [0.25, 0.3) is 0 Å². The first-order valence-corrected chi connectivity index (χ1v) is 6.11. The smallest absolute Gasteiger partial charge is 0.267 e. The number of carbonyl (C=O) groups is 1. The number of piperazine rings is 1. The molecule has 7 heteroatoms. The average molecular weight is 267 g/mol. The van der Waals surface area contributed by atoms with E-state index in [-0.39, 0.29) is 17.2 Å². The number of likely N-dealkylation sites (N-methyl/N-ethyl adjacent to an activating group) is 1. The fourth-order valence-electron chi connectivity index (χ4n) is 1.98. The van der Waals surface area contributed by atoms with Crippen LogP contribution in [0.3, 0.4) is 0 Å². The van der Waals surface area contributed by atoms with E-state index in [2.05, 4.69) is 15.8 Å². The van der Waals surface area contributed by atoms with Crippen LogP contribution < -0.4 is 16.7 Å². The fraction of sp³-hybridized carbons (Fsp3) is 0.417. The SMILES string of the molecule is CN1CCN(NC(=O)c2cccc(F)c2NN)CC1. The maximum absolute atomic E-state index is 13.5. The van der Waals surface area contributed by atoms with E-state index in [9.17, 15) is 9.18 Å². The molecule has 1 aliphatic heterocycles. The zero-order valence-corrected chi connectivity index (χ0v) is 10.8. The van der Waals surface area contributed by atoms with Gasteiger partial charge in [0, 0.05) is 26.2 Å². The first-order chi connectivity index (χ1) is 9.11. The molecule has 0 bridgehead atoms. The van der Waals surface area contributed by atoms with Gasteiger partial charge in [-0.3, -0.25) is 16.1 Å². The lowest BCUT2D eigenvalue weighted by atomic mass is 10.1. The van der Waals surface area contributed by atoms with Crippen LogP contribution in [0.4, 0.5) is 10.1 Å². The lowest BCUT2D eigenvalue weighted by Crippen LogP contribution is -2.52. The molecule has 0 atom stereocenters. The summed E-state index contributed by atoms with van der Waals surface area (Å²) in [5.41, 5.74) is 5.19. The molecule has 1 amide bonds. The molecule has 1 heterocycles. The number of nitrogens with one attached hydrogen (secondary N) is 2. The molecule has 0 aliphatic carbocycles. The van der Waals surface area contributed by atoms with Gasteiger partial charge in [0.05, 0.1) is 11.3 Å². The molecule has 0 unspecified atom stereocenters. The molecular formula is C12H18FN5O. The van der Waals surface area contributed by atoms with Crippen molar-refractivity contribution < 1.29 is 9.18 Å². The molecule has 0 radical (unpaired) electrons. The van der Waals surface area contributed by atoms with Crippen molar-refractivity contribution >= 4 is 11.6 Å². The van der Waals surface area contributed by atoms with Crippen molar-refractivity contribution in [1.82, 2.24) is 15.3 Å². The van der Waals surface area contributed by atoms with E-state index in [0.29, 0.717) is 0 Å². The van der Waals surface area contributed by atoms with Crippen LogP contribution in [-0.4, -0.2) is 49.0 Å². The molecule has 1 aromatic carbocycles. The Bertz CT molecular complexity index is 459. The number of hydrazine groups is 2. The molecule has 1 saturated heterocycles. The molecule has 1 aromatic rings. The normalized spacial score (nSPS) is 17.2. The number of nitrogens with zero attached hydrogens (tertiary/aromatic N) is 2. The number of hydrogen-bond acceptors (Lipinski definition) is 5. The highest BCUT2D eigenvalue weighted by Gasteiger charge is 2.19. The van der Waals surface area contributed by atoms with Gasteiger partial charge < -0.3 is 10.3 Å². The van der Waals surface area contributed by atoms with Crippen molar-refractivity contribution in [2.24, 2.45) is 5.84 Å². The number of nitrogen functional groups attached to an aromatic ring is 1. The highest BCUT2D eigenvalue weighted by molar-refractivity contribution is 5.99. The number of halogens is 1. The van der Waals surface area contributed by atoms with Crippen molar-refractivity contribution in [2.45, 2.75) is 0 Å². The second-order valence-electron chi connectivity index (χ2n) is 4.54. The molecule has 4 N–H and O–H groups in total. The summed E-state index contributed by atoms with van der Waals surface area (Å²) < 4.78 is 13.5. The molecule has 0 aromatic heterocycles. The summed E-state index contributed by atoms with van der Waals surface area (Å²) >= 11 is 0. The van der Waals surface area contributed by atoms with E-state index < -0.39 is 5.82 Å². The summed E-state index contributed by atoms with van der Waals surface area (Å²) in [6, 6.07) is 4.26. The van der Waals surface area contributed by atoms with Crippen molar-refractivity contribution in [1.29, 1.82) is 0 Å². The number of hydrogen-bond donors (Lipinski definition) is 3. The Kier molecular flexibility index (Phi) is 4.31. The minimum absolute atomic E-state index is 0.00845. The number of anilines is 1. The summed E-state index contributed by atoms with van der Waals surface area (Å²) in [5, 5.41) is 1.83. The average Bonchev–Trinajstić information content (AvgIpc) is 2.41. The molecule has 104 valence electrons. The van der Waals surface area contributed by atoms with Gasteiger partial charge in [0.2, 0.25) is 0 Å². The van der Waals surface area contributed by atoms with Gasteiger partial charge >= 0.3 is 0 Å². The van der Waals surface area contributed by atoms with E-state index in [1.807, 2.05) is 12.1 Å². The van der Waals surface area contributed by atoms with Gasteiger partial charge in [-0.1, -0.05) is 6.07 Å². The lowest BCUT2D eigenvalue weighted by Gasteiger charge is -2.32. The van der Waals surface area contributed by atoms with Crippen LogP contribution >= 0.6 is 0 Å². The zero-order chi connectivity index (χ0) is 13.8. The van der Waals surface area contributed by atoms with Crippen molar-refractivity contribution in [3.8, 4) is 0 Å². The third-order valence-corrected chi connectivity index (χ3v) is 3.17. The lowest BCUT2D eigenvalue weighted by molar-refractivity contribution is 0.0663. The largest absolute Gasteiger partial charge is 0.321 e. The van der Waals surface area contributed by atoms with Crippen molar-refractivity contribution in [3.05, 3.63) is 29.6 Å². The Morgan fingerprint density at radius 2 is 2.00 bits per heavy atom. The number of nitrogens with two attached hydrogens (primary N) is 1. The van der Waals surface area contributed by atoms with E-state index >= 15 is 0 Å². The molecule has 1 aliphatic rings. The van der Waals surface area contributed by atoms with E-state index in [4.69, 9.17) is 5.84 Å². The summed E-state index contributed by atoms with van der Waals surface area (Å²) in [5.74, 6) is 4.34. The van der Waals surface area contributed by atoms with Crippen LogP contribution in [0, 0.1) is 5.82 Å². The zero-order valence-electron chi connectivity index (χ0n) is 10.8. The Labute approximate surface area is 111 Å². The fourth-order valence-corrected chi connectivity index (χ4v) is 1.98. The van der Waals surface area contributed by atoms with Crippen LogP contribution in [0.5, 0.6) is 0 Å². The predicted octanol–water partition coefficient (Wildman–Crippen LogP) is 0.00350. The summed E-state index contributed by atoms with van der Waals surface area (Å²) in [7, 11) is 2.03. The van der Waals surface area contributed by atoms with Gasteiger partial charge in [-0.2, -0.15) is 0 Å². The van der Waals surface area contributed by atoms with Crippen LogP contribution in [0.2, 0.25) is 0 Å². The van der Waals surface area contributed by atoms with Gasteiger partial charge in [-0.25, -0.2) is 9.40 Å². The highest BCUT2D eigenvalue weighted by atomic mass is 19.1. The minimum Gasteiger partial charge on any atom is -0.321 e. The topological polar surface area (TPSA) is 73.6 Å². The van der Waals surface area contributed by atoms with Crippen LogP contribution in [0.15, 0.2) is 18.2 Å². The van der Waals surface area contributed by atoms with Gasteiger partial charge in [0.1, 0.15) is 5.82 Å².